The maximum atomic E-state index is 5.47. The number of aromatic nitrogens is 2. The number of nitrogens with zero attached hydrogens (tertiary/aromatic N) is 2. The molecule has 114 valence electrons. The van der Waals surface area contributed by atoms with Crippen LogP contribution in [0.15, 0.2) is 48.9 Å². The molecule has 1 atom stereocenters. The van der Waals surface area contributed by atoms with Crippen molar-refractivity contribution >= 4 is 5.65 Å². The molecule has 3 rings (SSSR count). The molecule has 3 aromatic rings. The second-order valence-electron chi connectivity index (χ2n) is 5.36. The van der Waals surface area contributed by atoms with E-state index in [1.54, 1.807) is 13.3 Å². The molecule has 0 saturated carbocycles. The normalized spacial score (nSPS) is 12.5. The SMILES string of the molecule is CCNC(C)c1cccc(-c2cc(OC)c3nccn3c2)c1. The first-order chi connectivity index (χ1) is 10.7. The van der Waals surface area contributed by atoms with Crippen molar-refractivity contribution in [3.63, 3.8) is 0 Å². The zero-order valence-electron chi connectivity index (χ0n) is 13.2. The molecule has 22 heavy (non-hydrogen) atoms. The van der Waals surface area contributed by atoms with E-state index in [9.17, 15) is 0 Å². The minimum atomic E-state index is 0.337. The fourth-order valence-electron chi connectivity index (χ4n) is 2.72. The van der Waals surface area contributed by atoms with Crippen molar-refractivity contribution < 1.29 is 4.74 Å². The highest BCUT2D eigenvalue weighted by atomic mass is 16.5. The average Bonchev–Trinajstić information content (AvgIpc) is 3.02. The van der Waals surface area contributed by atoms with Gasteiger partial charge in [-0.2, -0.15) is 0 Å². The fourth-order valence-corrected chi connectivity index (χ4v) is 2.72. The molecule has 0 aliphatic carbocycles. The molecular formula is C18H21N3O. The summed E-state index contributed by atoms with van der Waals surface area (Å²) in [6.07, 6.45) is 5.81. The number of fused-ring (bicyclic) bond motifs is 1. The third kappa shape index (κ3) is 2.70. The molecular weight excluding hydrogens is 274 g/mol. The Morgan fingerprint density at radius 1 is 1.27 bits per heavy atom. The summed E-state index contributed by atoms with van der Waals surface area (Å²) in [6, 6.07) is 11.0. The largest absolute Gasteiger partial charge is 0.493 e. The number of hydrogen-bond donors (Lipinski definition) is 1. The summed E-state index contributed by atoms with van der Waals surface area (Å²) in [5, 5.41) is 3.45. The molecule has 0 amide bonds. The second kappa shape index (κ2) is 6.20. The van der Waals surface area contributed by atoms with Crippen LogP contribution in [0.25, 0.3) is 16.8 Å². The van der Waals surface area contributed by atoms with Gasteiger partial charge in [-0.3, -0.25) is 0 Å². The summed E-state index contributed by atoms with van der Waals surface area (Å²) in [5.74, 6) is 0.785. The standard InChI is InChI=1S/C18H21N3O/c1-4-19-13(2)14-6-5-7-15(10-14)16-11-17(22-3)18-20-8-9-21(18)12-16/h5-13,19H,4H2,1-3H3. The number of ether oxygens (including phenoxy) is 1. The van der Waals surface area contributed by atoms with Gasteiger partial charge < -0.3 is 14.5 Å². The average molecular weight is 295 g/mol. The lowest BCUT2D eigenvalue weighted by molar-refractivity contribution is 0.417. The van der Waals surface area contributed by atoms with E-state index < -0.39 is 0 Å². The molecule has 1 aromatic carbocycles. The quantitative estimate of drug-likeness (QED) is 0.780. The van der Waals surface area contributed by atoms with Gasteiger partial charge in [-0.15, -0.1) is 0 Å². The van der Waals surface area contributed by atoms with Crippen molar-refractivity contribution in [2.75, 3.05) is 13.7 Å². The van der Waals surface area contributed by atoms with Gasteiger partial charge in [-0.25, -0.2) is 4.98 Å². The molecule has 0 radical (unpaired) electrons. The van der Waals surface area contributed by atoms with Crippen LogP contribution < -0.4 is 10.1 Å². The summed E-state index contributed by atoms with van der Waals surface area (Å²) in [5.41, 5.74) is 4.41. The molecule has 2 heterocycles. The molecule has 0 saturated heterocycles. The molecule has 0 aliphatic heterocycles. The lowest BCUT2D eigenvalue weighted by Crippen LogP contribution is -2.17. The Labute approximate surface area is 130 Å². The molecule has 1 unspecified atom stereocenters. The van der Waals surface area contributed by atoms with E-state index in [0.29, 0.717) is 6.04 Å². The van der Waals surface area contributed by atoms with Crippen LogP contribution in [-0.2, 0) is 0 Å². The molecule has 0 aliphatic rings. The second-order valence-corrected chi connectivity index (χ2v) is 5.36. The predicted molar refractivity (Wildman–Crippen MR) is 89.3 cm³/mol. The van der Waals surface area contributed by atoms with Gasteiger partial charge in [0.2, 0.25) is 0 Å². The van der Waals surface area contributed by atoms with Gasteiger partial charge in [0, 0.05) is 30.2 Å². The Bertz CT molecular complexity index is 779. The zero-order chi connectivity index (χ0) is 15.5. The van der Waals surface area contributed by atoms with E-state index in [4.69, 9.17) is 4.74 Å². The molecule has 4 nitrogen and oxygen atoms in total. The Hall–Kier alpha value is -2.33. The van der Waals surface area contributed by atoms with E-state index in [0.717, 1.165) is 23.5 Å². The summed E-state index contributed by atoms with van der Waals surface area (Å²) in [7, 11) is 1.68. The van der Waals surface area contributed by atoms with Crippen molar-refractivity contribution in [1.82, 2.24) is 14.7 Å². The minimum absolute atomic E-state index is 0.337. The van der Waals surface area contributed by atoms with Gasteiger partial charge in [0.15, 0.2) is 11.4 Å². The Morgan fingerprint density at radius 3 is 2.91 bits per heavy atom. The van der Waals surface area contributed by atoms with Crippen LogP contribution in [-0.4, -0.2) is 23.0 Å². The molecule has 0 spiro atoms. The zero-order valence-corrected chi connectivity index (χ0v) is 13.2. The Morgan fingerprint density at radius 2 is 2.14 bits per heavy atom. The Kier molecular flexibility index (Phi) is 4.11. The topological polar surface area (TPSA) is 38.6 Å². The van der Waals surface area contributed by atoms with E-state index in [2.05, 4.69) is 54.6 Å². The summed E-state index contributed by atoms with van der Waals surface area (Å²) in [6.45, 7) is 5.26. The van der Waals surface area contributed by atoms with E-state index >= 15 is 0 Å². The summed E-state index contributed by atoms with van der Waals surface area (Å²) in [4.78, 5) is 4.32. The van der Waals surface area contributed by atoms with E-state index in [-0.39, 0.29) is 0 Å². The van der Waals surface area contributed by atoms with Gasteiger partial charge >= 0.3 is 0 Å². The van der Waals surface area contributed by atoms with Crippen LogP contribution in [0.1, 0.15) is 25.5 Å². The lowest BCUT2D eigenvalue weighted by atomic mass is 10.0. The van der Waals surface area contributed by atoms with Gasteiger partial charge in [-0.1, -0.05) is 25.1 Å². The lowest BCUT2D eigenvalue weighted by Gasteiger charge is -2.14. The van der Waals surface area contributed by atoms with E-state index in [1.807, 2.05) is 16.7 Å². The number of hydrogen-bond acceptors (Lipinski definition) is 3. The van der Waals surface area contributed by atoms with Crippen LogP contribution in [0.4, 0.5) is 0 Å². The molecule has 1 N–H and O–H groups in total. The van der Waals surface area contributed by atoms with Gasteiger partial charge in [-0.05, 0) is 36.7 Å². The highest BCUT2D eigenvalue weighted by Crippen LogP contribution is 2.28. The number of imidazole rings is 1. The first-order valence-corrected chi connectivity index (χ1v) is 7.57. The number of rotatable bonds is 5. The third-order valence-corrected chi connectivity index (χ3v) is 3.90. The number of methoxy groups -OCH3 is 1. The first kappa shape index (κ1) is 14.6. The van der Waals surface area contributed by atoms with Crippen molar-refractivity contribution in [3.8, 4) is 16.9 Å². The van der Waals surface area contributed by atoms with Crippen LogP contribution in [0.3, 0.4) is 0 Å². The van der Waals surface area contributed by atoms with E-state index in [1.165, 1.54) is 11.1 Å². The predicted octanol–water partition coefficient (Wildman–Crippen LogP) is 3.68. The number of benzene rings is 1. The molecule has 4 heteroatoms. The van der Waals surface area contributed by atoms with Crippen molar-refractivity contribution in [3.05, 3.63) is 54.5 Å². The summed E-state index contributed by atoms with van der Waals surface area (Å²) < 4.78 is 7.46. The van der Waals surface area contributed by atoms with Gasteiger partial charge in [0.1, 0.15) is 0 Å². The van der Waals surface area contributed by atoms with Crippen molar-refractivity contribution in [2.24, 2.45) is 0 Å². The molecule has 2 aromatic heterocycles. The highest BCUT2D eigenvalue weighted by Gasteiger charge is 2.09. The minimum Gasteiger partial charge on any atom is -0.493 e. The summed E-state index contributed by atoms with van der Waals surface area (Å²) >= 11 is 0. The maximum Gasteiger partial charge on any atom is 0.179 e. The number of nitrogens with one attached hydrogen (secondary N) is 1. The van der Waals surface area contributed by atoms with Gasteiger partial charge in [0.25, 0.3) is 0 Å². The van der Waals surface area contributed by atoms with Crippen LogP contribution >= 0.6 is 0 Å². The fraction of sp³-hybridized carbons (Fsp3) is 0.278. The van der Waals surface area contributed by atoms with Crippen molar-refractivity contribution in [2.45, 2.75) is 19.9 Å². The molecule has 0 fully saturated rings. The smallest absolute Gasteiger partial charge is 0.179 e. The Balaban J connectivity index is 2.05. The monoisotopic (exact) mass is 295 g/mol. The van der Waals surface area contributed by atoms with Crippen LogP contribution in [0, 0.1) is 0 Å². The third-order valence-electron chi connectivity index (χ3n) is 3.90. The maximum absolute atomic E-state index is 5.47. The highest BCUT2D eigenvalue weighted by molar-refractivity contribution is 5.69. The van der Waals surface area contributed by atoms with Crippen LogP contribution in [0.5, 0.6) is 5.75 Å². The van der Waals surface area contributed by atoms with Crippen molar-refractivity contribution in [1.29, 1.82) is 0 Å². The molecule has 0 bridgehead atoms. The first-order valence-electron chi connectivity index (χ1n) is 7.57. The number of pyridine rings is 1. The van der Waals surface area contributed by atoms with Gasteiger partial charge in [0.05, 0.1) is 7.11 Å². The van der Waals surface area contributed by atoms with Crippen LogP contribution in [0.2, 0.25) is 0 Å².